The standard InChI is InChI=1S/C23H27N3O4/c24-19(13-17-7-3-1-4-8-17)15-22(27)21(14-18-9-5-2-6-10-18)26-23(28)29-16-20-11-12-25-30-20/h1-12,19,21-22,27H,13-16,24H2,(H,26,28). The van der Waals surface area contributed by atoms with Gasteiger partial charge in [0, 0.05) is 12.1 Å². The number of aliphatic hydroxyl groups is 1. The van der Waals surface area contributed by atoms with E-state index in [4.69, 9.17) is 15.0 Å². The average Bonchev–Trinajstić information content (AvgIpc) is 3.27. The van der Waals surface area contributed by atoms with E-state index in [1.165, 1.54) is 6.20 Å². The minimum absolute atomic E-state index is 0.0342. The number of nitrogens with one attached hydrogen (secondary N) is 1. The zero-order chi connectivity index (χ0) is 21.2. The predicted molar refractivity (Wildman–Crippen MR) is 113 cm³/mol. The maximum absolute atomic E-state index is 12.3. The number of aromatic nitrogens is 1. The van der Waals surface area contributed by atoms with Crippen LogP contribution in [0.4, 0.5) is 4.79 Å². The van der Waals surface area contributed by atoms with Gasteiger partial charge in [0.25, 0.3) is 0 Å². The number of aliphatic hydroxyl groups excluding tert-OH is 1. The summed E-state index contributed by atoms with van der Waals surface area (Å²) in [5.41, 5.74) is 8.37. The first kappa shape index (κ1) is 21.5. The SMILES string of the molecule is NC(Cc1ccccc1)CC(O)C(Cc1ccccc1)NC(=O)OCc1ccno1. The molecule has 158 valence electrons. The summed E-state index contributed by atoms with van der Waals surface area (Å²) < 4.78 is 10.1. The fraction of sp³-hybridized carbons (Fsp3) is 0.304. The Morgan fingerprint density at radius 3 is 2.27 bits per heavy atom. The summed E-state index contributed by atoms with van der Waals surface area (Å²) in [5.74, 6) is 0.440. The lowest BCUT2D eigenvalue weighted by Crippen LogP contribution is -2.47. The number of alkyl carbamates (subject to hydrolysis) is 1. The van der Waals surface area contributed by atoms with Crippen LogP contribution in [0.2, 0.25) is 0 Å². The monoisotopic (exact) mass is 409 g/mol. The van der Waals surface area contributed by atoms with Gasteiger partial charge < -0.3 is 25.4 Å². The van der Waals surface area contributed by atoms with Crippen molar-refractivity contribution in [3.8, 4) is 0 Å². The molecule has 30 heavy (non-hydrogen) atoms. The molecule has 3 aromatic rings. The second-order valence-corrected chi connectivity index (χ2v) is 7.25. The molecule has 0 radical (unpaired) electrons. The number of carbonyl (C=O) groups is 1. The van der Waals surface area contributed by atoms with E-state index in [1.807, 2.05) is 60.7 Å². The molecular weight excluding hydrogens is 382 g/mol. The van der Waals surface area contributed by atoms with Crippen LogP contribution in [0.3, 0.4) is 0 Å². The first-order valence-electron chi connectivity index (χ1n) is 9.94. The zero-order valence-electron chi connectivity index (χ0n) is 16.7. The number of nitrogens with two attached hydrogens (primary N) is 1. The largest absolute Gasteiger partial charge is 0.441 e. The van der Waals surface area contributed by atoms with Crippen LogP contribution >= 0.6 is 0 Å². The van der Waals surface area contributed by atoms with Gasteiger partial charge in [-0.3, -0.25) is 0 Å². The first-order valence-corrected chi connectivity index (χ1v) is 9.94. The Labute approximate surface area is 175 Å². The third-order valence-electron chi connectivity index (χ3n) is 4.79. The quantitative estimate of drug-likeness (QED) is 0.475. The van der Waals surface area contributed by atoms with E-state index < -0.39 is 18.2 Å². The Morgan fingerprint density at radius 1 is 1.03 bits per heavy atom. The molecule has 0 aliphatic rings. The van der Waals surface area contributed by atoms with E-state index >= 15 is 0 Å². The highest BCUT2D eigenvalue weighted by Gasteiger charge is 2.24. The summed E-state index contributed by atoms with van der Waals surface area (Å²) in [6.45, 7) is -0.0342. The molecule has 3 rings (SSSR count). The van der Waals surface area contributed by atoms with Crippen molar-refractivity contribution in [2.45, 2.75) is 44.1 Å². The third-order valence-corrected chi connectivity index (χ3v) is 4.79. The predicted octanol–water partition coefficient (Wildman–Crippen LogP) is 2.83. The summed E-state index contributed by atoms with van der Waals surface area (Å²) in [6, 6.07) is 20.4. The van der Waals surface area contributed by atoms with E-state index in [0.29, 0.717) is 25.0 Å². The number of amides is 1. The van der Waals surface area contributed by atoms with Crippen molar-refractivity contribution in [2.75, 3.05) is 0 Å². The number of benzene rings is 2. The van der Waals surface area contributed by atoms with Crippen LogP contribution in [0.15, 0.2) is 77.4 Å². The summed E-state index contributed by atoms with van der Waals surface area (Å²) in [4.78, 5) is 12.3. The van der Waals surface area contributed by atoms with Crippen LogP contribution < -0.4 is 11.1 Å². The lowest BCUT2D eigenvalue weighted by Gasteiger charge is -2.26. The average molecular weight is 409 g/mol. The molecule has 0 bridgehead atoms. The van der Waals surface area contributed by atoms with Crippen molar-refractivity contribution in [1.82, 2.24) is 10.5 Å². The number of rotatable bonds is 10. The maximum atomic E-state index is 12.3. The summed E-state index contributed by atoms with van der Waals surface area (Å²) in [6.07, 6.45) is 1.45. The third kappa shape index (κ3) is 7.02. The second-order valence-electron chi connectivity index (χ2n) is 7.25. The van der Waals surface area contributed by atoms with Crippen LogP contribution in [0.5, 0.6) is 0 Å². The number of hydrogen-bond donors (Lipinski definition) is 3. The number of hydrogen-bond acceptors (Lipinski definition) is 6. The van der Waals surface area contributed by atoms with Gasteiger partial charge in [0.1, 0.15) is 0 Å². The van der Waals surface area contributed by atoms with E-state index in [-0.39, 0.29) is 12.6 Å². The second kappa shape index (κ2) is 11.1. The van der Waals surface area contributed by atoms with Gasteiger partial charge in [-0.15, -0.1) is 0 Å². The Morgan fingerprint density at radius 2 is 1.67 bits per heavy atom. The van der Waals surface area contributed by atoms with Gasteiger partial charge in [0.2, 0.25) is 0 Å². The summed E-state index contributed by atoms with van der Waals surface area (Å²) in [7, 11) is 0. The summed E-state index contributed by atoms with van der Waals surface area (Å²) in [5, 5.41) is 17.2. The van der Waals surface area contributed by atoms with Crippen LogP contribution in [0, 0.1) is 0 Å². The van der Waals surface area contributed by atoms with Gasteiger partial charge in [0.05, 0.1) is 18.3 Å². The van der Waals surface area contributed by atoms with Crippen LogP contribution in [0.1, 0.15) is 23.3 Å². The number of carbonyl (C=O) groups excluding carboxylic acids is 1. The Kier molecular flexibility index (Phi) is 8.00. The van der Waals surface area contributed by atoms with Crippen molar-refractivity contribution < 1.29 is 19.2 Å². The van der Waals surface area contributed by atoms with Crippen LogP contribution in [-0.4, -0.2) is 34.5 Å². The van der Waals surface area contributed by atoms with Crippen LogP contribution in [0.25, 0.3) is 0 Å². The van der Waals surface area contributed by atoms with Crippen LogP contribution in [-0.2, 0) is 24.2 Å². The first-order chi connectivity index (χ1) is 14.6. The molecule has 4 N–H and O–H groups in total. The fourth-order valence-electron chi connectivity index (χ4n) is 3.27. The van der Waals surface area contributed by atoms with Gasteiger partial charge in [0.15, 0.2) is 12.4 Å². The topological polar surface area (TPSA) is 111 Å². The molecule has 0 saturated heterocycles. The minimum atomic E-state index is -0.832. The molecule has 7 nitrogen and oxygen atoms in total. The molecule has 0 spiro atoms. The van der Waals surface area contributed by atoms with Gasteiger partial charge in [-0.1, -0.05) is 65.8 Å². The van der Waals surface area contributed by atoms with Crippen molar-refractivity contribution in [2.24, 2.45) is 5.73 Å². The van der Waals surface area contributed by atoms with Gasteiger partial charge >= 0.3 is 6.09 Å². The molecule has 0 aliphatic heterocycles. The van der Waals surface area contributed by atoms with E-state index in [1.54, 1.807) is 6.07 Å². The number of nitrogens with zero attached hydrogens (tertiary/aromatic N) is 1. The minimum Gasteiger partial charge on any atom is -0.441 e. The number of ether oxygens (including phenoxy) is 1. The maximum Gasteiger partial charge on any atom is 0.407 e. The van der Waals surface area contributed by atoms with E-state index in [0.717, 1.165) is 11.1 Å². The molecule has 3 unspecified atom stereocenters. The molecule has 7 heteroatoms. The van der Waals surface area contributed by atoms with Gasteiger partial charge in [-0.05, 0) is 30.4 Å². The van der Waals surface area contributed by atoms with Gasteiger partial charge in [-0.25, -0.2) is 4.79 Å². The molecule has 0 aliphatic carbocycles. The highest BCUT2D eigenvalue weighted by molar-refractivity contribution is 5.67. The molecule has 2 aromatic carbocycles. The normalized spacial score (nSPS) is 13.9. The molecule has 0 saturated carbocycles. The van der Waals surface area contributed by atoms with Crippen molar-refractivity contribution in [1.29, 1.82) is 0 Å². The zero-order valence-corrected chi connectivity index (χ0v) is 16.7. The Bertz CT molecular complexity index is 872. The van der Waals surface area contributed by atoms with Crippen molar-refractivity contribution in [3.63, 3.8) is 0 Å². The molecule has 1 aromatic heterocycles. The highest BCUT2D eigenvalue weighted by Crippen LogP contribution is 2.13. The Balaban J connectivity index is 1.59. The molecular formula is C23H27N3O4. The smallest absolute Gasteiger partial charge is 0.407 e. The van der Waals surface area contributed by atoms with E-state index in [9.17, 15) is 9.90 Å². The van der Waals surface area contributed by atoms with Crippen molar-refractivity contribution >= 4 is 6.09 Å². The summed E-state index contributed by atoms with van der Waals surface area (Å²) >= 11 is 0. The lowest BCUT2D eigenvalue weighted by molar-refractivity contribution is 0.0885. The fourth-order valence-corrected chi connectivity index (χ4v) is 3.27. The molecule has 3 atom stereocenters. The molecule has 0 fully saturated rings. The molecule has 1 heterocycles. The Hall–Kier alpha value is -3.16. The van der Waals surface area contributed by atoms with Gasteiger partial charge in [-0.2, -0.15) is 0 Å². The van der Waals surface area contributed by atoms with E-state index in [2.05, 4.69) is 10.5 Å². The lowest BCUT2D eigenvalue weighted by atomic mass is 9.94. The highest BCUT2D eigenvalue weighted by atomic mass is 16.6. The van der Waals surface area contributed by atoms with Crippen molar-refractivity contribution in [3.05, 3.63) is 89.8 Å². The molecule has 1 amide bonds.